The second-order valence-corrected chi connectivity index (χ2v) is 7.65. The molecular formula is C24H16BrN. The van der Waals surface area contributed by atoms with Gasteiger partial charge >= 0.3 is 0 Å². The zero-order chi connectivity index (χ0) is 17.7. The Labute approximate surface area is 161 Å². The fraction of sp³-hybridized carbons (Fsp3) is 0.0417. The van der Waals surface area contributed by atoms with Crippen LogP contribution in [0.1, 0.15) is 22.3 Å². The molecule has 1 nitrogen and oxygen atoms in total. The van der Waals surface area contributed by atoms with Crippen molar-refractivity contribution in [2.75, 3.05) is 0 Å². The van der Waals surface area contributed by atoms with Crippen LogP contribution in [0.2, 0.25) is 0 Å². The minimum Gasteiger partial charge on any atom is -0.247 e. The van der Waals surface area contributed by atoms with Crippen molar-refractivity contribution in [3.8, 4) is 11.3 Å². The quantitative estimate of drug-likeness (QED) is 0.300. The maximum atomic E-state index is 5.00. The molecular weight excluding hydrogens is 382 g/mol. The van der Waals surface area contributed by atoms with E-state index in [4.69, 9.17) is 4.98 Å². The van der Waals surface area contributed by atoms with E-state index in [0.29, 0.717) is 0 Å². The van der Waals surface area contributed by atoms with E-state index < -0.39 is 0 Å². The molecule has 1 heterocycles. The predicted octanol–water partition coefficient (Wildman–Crippen LogP) is 6.88. The van der Waals surface area contributed by atoms with Crippen molar-refractivity contribution in [2.45, 2.75) is 6.92 Å². The zero-order valence-electron chi connectivity index (χ0n) is 14.3. The second-order valence-electron chi connectivity index (χ2n) is 6.74. The fourth-order valence-electron chi connectivity index (χ4n) is 3.64. The van der Waals surface area contributed by atoms with Gasteiger partial charge in [0, 0.05) is 21.0 Å². The summed E-state index contributed by atoms with van der Waals surface area (Å²) in [6.45, 7) is 2.14. The van der Waals surface area contributed by atoms with Gasteiger partial charge in [-0.3, -0.25) is 0 Å². The number of aromatic nitrogens is 1. The number of hydrogen-bond acceptors (Lipinski definition) is 1. The summed E-state index contributed by atoms with van der Waals surface area (Å²) in [6.07, 6.45) is 2.27. The van der Waals surface area contributed by atoms with Crippen LogP contribution in [0.15, 0.2) is 77.3 Å². The van der Waals surface area contributed by atoms with Gasteiger partial charge < -0.3 is 0 Å². The molecule has 3 aromatic carbocycles. The average Bonchev–Trinajstić information content (AvgIpc) is 2.94. The molecule has 0 spiro atoms. The van der Waals surface area contributed by atoms with Crippen molar-refractivity contribution in [1.82, 2.24) is 4.98 Å². The minimum atomic E-state index is 1.04. The summed E-state index contributed by atoms with van der Waals surface area (Å²) in [5, 5.41) is 1.18. The van der Waals surface area contributed by atoms with Gasteiger partial charge in [-0.05, 0) is 60.0 Å². The molecule has 26 heavy (non-hydrogen) atoms. The van der Waals surface area contributed by atoms with Gasteiger partial charge in [0.2, 0.25) is 0 Å². The standard InChI is InChI=1S/C24H16BrN/c1-15-6-11-19-20(13-16-7-9-18(25)10-8-16)22-14-17-4-2-3-5-23(17)26-24(22)21(19)12-15/h2-14H,1H3. The van der Waals surface area contributed by atoms with Crippen molar-refractivity contribution in [3.63, 3.8) is 0 Å². The highest BCUT2D eigenvalue weighted by molar-refractivity contribution is 9.10. The van der Waals surface area contributed by atoms with E-state index in [-0.39, 0.29) is 0 Å². The van der Waals surface area contributed by atoms with Crippen LogP contribution in [0.3, 0.4) is 0 Å². The summed E-state index contributed by atoms with van der Waals surface area (Å²) in [5.41, 5.74) is 9.54. The Hall–Kier alpha value is -2.71. The van der Waals surface area contributed by atoms with E-state index in [9.17, 15) is 0 Å². The van der Waals surface area contributed by atoms with Crippen LogP contribution in [0, 0.1) is 6.92 Å². The molecule has 0 saturated heterocycles. The lowest BCUT2D eigenvalue weighted by Crippen LogP contribution is -1.87. The lowest BCUT2D eigenvalue weighted by Gasteiger charge is -2.05. The number of fused-ring (bicyclic) bond motifs is 4. The van der Waals surface area contributed by atoms with Gasteiger partial charge in [-0.1, -0.05) is 64.0 Å². The Bertz CT molecular complexity index is 1190. The number of rotatable bonds is 1. The summed E-state index contributed by atoms with van der Waals surface area (Å²) >= 11 is 3.51. The summed E-state index contributed by atoms with van der Waals surface area (Å²) in [6, 6.07) is 25.7. The number of para-hydroxylation sites is 1. The molecule has 0 radical (unpaired) electrons. The number of halogens is 1. The molecule has 0 N–H and O–H groups in total. The van der Waals surface area contributed by atoms with E-state index in [0.717, 1.165) is 15.7 Å². The normalized spacial score (nSPS) is 13.8. The molecule has 5 rings (SSSR count). The van der Waals surface area contributed by atoms with Crippen LogP contribution in [-0.4, -0.2) is 4.98 Å². The maximum Gasteiger partial charge on any atom is 0.0794 e. The van der Waals surface area contributed by atoms with Gasteiger partial charge in [-0.15, -0.1) is 0 Å². The Morgan fingerprint density at radius 3 is 2.46 bits per heavy atom. The number of nitrogens with zero attached hydrogens (tertiary/aromatic N) is 1. The van der Waals surface area contributed by atoms with Crippen LogP contribution in [0.25, 0.3) is 33.8 Å². The van der Waals surface area contributed by atoms with Crippen LogP contribution in [-0.2, 0) is 0 Å². The summed E-state index contributed by atoms with van der Waals surface area (Å²) in [4.78, 5) is 5.00. The van der Waals surface area contributed by atoms with Gasteiger partial charge in [0.1, 0.15) is 0 Å². The van der Waals surface area contributed by atoms with Gasteiger partial charge in [-0.2, -0.15) is 0 Å². The average molecular weight is 398 g/mol. The molecule has 0 bridgehead atoms. The van der Waals surface area contributed by atoms with E-state index in [1.54, 1.807) is 0 Å². The SMILES string of the molecule is Cc1ccc2c(c1)-c1nc3ccccc3cc1C2=Cc1ccc(Br)cc1. The van der Waals surface area contributed by atoms with Crippen LogP contribution >= 0.6 is 15.9 Å². The molecule has 0 fully saturated rings. The first-order valence-corrected chi connectivity index (χ1v) is 9.47. The molecule has 4 aromatic rings. The zero-order valence-corrected chi connectivity index (χ0v) is 15.9. The van der Waals surface area contributed by atoms with Crippen LogP contribution in [0.5, 0.6) is 0 Å². The highest BCUT2D eigenvalue weighted by Crippen LogP contribution is 2.45. The molecule has 0 atom stereocenters. The minimum absolute atomic E-state index is 1.04. The van der Waals surface area contributed by atoms with Crippen LogP contribution < -0.4 is 0 Å². The molecule has 0 saturated carbocycles. The third-order valence-corrected chi connectivity index (χ3v) is 5.44. The number of pyridine rings is 1. The summed E-state index contributed by atoms with van der Waals surface area (Å²) in [5.74, 6) is 0. The number of benzene rings is 3. The predicted molar refractivity (Wildman–Crippen MR) is 113 cm³/mol. The van der Waals surface area contributed by atoms with Gasteiger partial charge in [0.05, 0.1) is 11.2 Å². The molecule has 0 unspecified atom stereocenters. The molecule has 2 heteroatoms. The first kappa shape index (κ1) is 15.5. The van der Waals surface area contributed by atoms with Crippen molar-refractivity contribution in [2.24, 2.45) is 0 Å². The Morgan fingerprint density at radius 2 is 1.62 bits per heavy atom. The second kappa shape index (κ2) is 5.93. The summed E-state index contributed by atoms with van der Waals surface area (Å²) in [7, 11) is 0. The summed E-state index contributed by atoms with van der Waals surface area (Å²) < 4.78 is 1.09. The van der Waals surface area contributed by atoms with E-state index in [1.165, 1.54) is 38.8 Å². The Morgan fingerprint density at radius 1 is 0.808 bits per heavy atom. The largest absolute Gasteiger partial charge is 0.247 e. The molecule has 0 aliphatic heterocycles. The lowest BCUT2D eigenvalue weighted by molar-refractivity contribution is 1.39. The van der Waals surface area contributed by atoms with E-state index in [1.807, 2.05) is 6.07 Å². The topological polar surface area (TPSA) is 12.9 Å². The maximum absolute atomic E-state index is 5.00. The molecule has 1 aliphatic carbocycles. The molecule has 1 aromatic heterocycles. The van der Waals surface area contributed by atoms with E-state index >= 15 is 0 Å². The fourth-order valence-corrected chi connectivity index (χ4v) is 3.91. The Balaban J connectivity index is 1.81. The monoisotopic (exact) mass is 397 g/mol. The number of hydrogen-bond donors (Lipinski definition) is 0. The Kier molecular flexibility index (Phi) is 3.54. The van der Waals surface area contributed by atoms with Crippen LogP contribution in [0.4, 0.5) is 0 Å². The number of aryl methyl sites for hydroxylation is 1. The first-order valence-electron chi connectivity index (χ1n) is 8.68. The van der Waals surface area contributed by atoms with E-state index in [2.05, 4.69) is 95.7 Å². The van der Waals surface area contributed by atoms with Gasteiger partial charge in [-0.25, -0.2) is 4.98 Å². The van der Waals surface area contributed by atoms with Crippen molar-refractivity contribution < 1.29 is 0 Å². The molecule has 0 amide bonds. The highest BCUT2D eigenvalue weighted by Gasteiger charge is 2.25. The molecule has 124 valence electrons. The van der Waals surface area contributed by atoms with Gasteiger partial charge in [0.25, 0.3) is 0 Å². The van der Waals surface area contributed by atoms with Crippen molar-refractivity contribution in [1.29, 1.82) is 0 Å². The van der Waals surface area contributed by atoms with Crippen molar-refractivity contribution >= 4 is 38.5 Å². The van der Waals surface area contributed by atoms with Crippen molar-refractivity contribution in [3.05, 3.63) is 99.5 Å². The van der Waals surface area contributed by atoms with Gasteiger partial charge in [0.15, 0.2) is 0 Å². The smallest absolute Gasteiger partial charge is 0.0794 e. The third-order valence-electron chi connectivity index (χ3n) is 4.92. The first-order chi connectivity index (χ1) is 12.7. The highest BCUT2D eigenvalue weighted by atomic mass is 79.9. The molecule has 1 aliphatic rings. The third kappa shape index (κ3) is 2.49. The lowest BCUT2D eigenvalue weighted by atomic mass is 10.00.